The van der Waals surface area contributed by atoms with Crippen molar-refractivity contribution in [1.82, 2.24) is 9.55 Å². The molecule has 0 saturated carbocycles. The number of unbranched alkanes of at least 4 members (excludes halogenated alkanes) is 1. The second-order valence-electron chi connectivity index (χ2n) is 9.59. The van der Waals surface area contributed by atoms with Gasteiger partial charge in [-0.2, -0.15) is 0 Å². The van der Waals surface area contributed by atoms with E-state index in [1.54, 1.807) is 13.2 Å². The highest BCUT2D eigenvalue weighted by Crippen LogP contribution is 2.39. The molecule has 0 bridgehead atoms. The van der Waals surface area contributed by atoms with Crippen molar-refractivity contribution in [3.05, 3.63) is 96.0 Å². The summed E-state index contributed by atoms with van der Waals surface area (Å²) in [6, 6.07) is 26.6. The van der Waals surface area contributed by atoms with Gasteiger partial charge in [0.15, 0.2) is 5.75 Å². The molecule has 5 aromatic rings. The summed E-state index contributed by atoms with van der Waals surface area (Å²) in [5.74, 6) is 1.33. The first-order chi connectivity index (χ1) is 20.8. The van der Waals surface area contributed by atoms with Gasteiger partial charge >= 0.3 is 5.97 Å². The fourth-order valence-electron chi connectivity index (χ4n) is 4.58. The number of anilines is 1. The molecule has 1 aromatic heterocycles. The maximum atomic E-state index is 13.4. The Morgan fingerprint density at radius 2 is 1.63 bits per heavy atom. The first-order valence-electron chi connectivity index (χ1n) is 13.5. The molecule has 5 rings (SSSR count). The van der Waals surface area contributed by atoms with Crippen LogP contribution in [0.15, 0.2) is 95.9 Å². The smallest absolute Gasteiger partial charge is 0.305 e. The van der Waals surface area contributed by atoms with E-state index in [0.717, 1.165) is 11.3 Å². The Balaban J connectivity index is 1.63. The van der Waals surface area contributed by atoms with Gasteiger partial charge in [0.1, 0.15) is 17.1 Å². The summed E-state index contributed by atoms with van der Waals surface area (Å²) in [7, 11) is -1.03. The van der Waals surface area contributed by atoms with Crippen molar-refractivity contribution in [3.63, 3.8) is 0 Å². The van der Waals surface area contributed by atoms with Crippen molar-refractivity contribution in [1.29, 1.82) is 0 Å². The lowest BCUT2D eigenvalue weighted by atomic mass is 10.2. The Kier molecular flexibility index (Phi) is 9.18. The highest BCUT2D eigenvalue weighted by Gasteiger charge is 2.23. The Labute approximate surface area is 255 Å². The van der Waals surface area contributed by atoms with Crippen molar-refractivity contribution >= 4 is 44.3 Å². The molecule has 0 spiro atoms. The number of esters is 1. The monoisotopic (exact) mass is 619 g/mol. The average molecular weight is 620 g/mol. The van der Waals surface area contributed by atoms with Gasteiger partial charge in [0.05, 0.1) is 36.9 Å². The Morgan fingerprint density at radius 3 is 2.30 bits per heavy atom. The zero-order valence-electron chi connectivity index (χ0n) is 23.6. The van der Waals surface area contributed by atoms with Gasteiger partial charge in [0, 0.05) is 22.7 Å². The van der Waals surface area contributed by atoms with Crippen LogP contribution in [0.1, 0.15) is 19.3 Å². The number of methoxy groups -OCH3 is 2. The Hall–Kier alpha value is -4.54. The maximum Gasteiger partial charge on any atom is 0.305 e. The van der Waals surface area contributed by atoms with E-state index in [9.17, 15) is 13.2 Å². The molecule has 43 heavy (non-hydrogen) atoms. The number of carbonyl (C=O) groups excluding carboxylic acids is 1. The Morgan fingerprint density at radius 1 is 0.907 bits per heavy atom. The molecule has 11 heteroatoms. The summed E-state index contributed by atoms with van der Waals surface area (Å²) < 4.78 is 47.7. The van der Waals surface area contributed by atoms with Gasteiger partial charge < -0.3 is 14.2 Å². The van der Waals surface area contributed by atoms with Crippen molar-refractivity contribution < 1.29 is 27.4 Å². The summed E-state index contributed by atoms with van der Waals surface area (Å²) in [6.07, 6.45) is 1.34. The topological polar surface area (TPSA) is 109 Å². The minimum atomic E-state index is -3.98. The number of sulfonamides is 1. The number of carbonyl (C=O) groups is 1. The molecular formula is C32H30ClN3O6S. The molecule has 0 unspecified atom stereocenters. The quantitative estimate of drug-likeness (QED) is 0.120. The lowest BCUT2D eigenvalue weighted by Gasteiger charge is -2.15. The summed E-state index contributed by atoms with van der Waals surface area (Å²) in [5.41, 5.74) is 3.11. The lowest BCUT2D eigenvalue weighted by Crippen LogP contribution is -2.14. The third-order valence-electron chi connectivity index (χ3n) is 6.76. The van der Waals surface area contributed by atoms with Crippen LogP contribution in [-0.2, 0) is 19.6 Å². The zero-order chi connectivity index (χ0) is 30.4. The van der Waals surface area contributed by atoms with Crippen LogP contribution in [-0.4, -0.2) is 44.8 Å². The van der Waals surface area contributed by atoms with Crippen LogP contribution < -0.4 is 14.2 Å². The zero-order valence-corrected chi connectivity index (χ0v) is 25.2. The number of hydrogen-bond donors (Lipinski definition) is 1. The van der Waals surface area contributed by atoms with Crippen LogP contribution >= 0.6 is 11.6 Å². The molecule has 0 aliphatic rings. The second kappa shape index (κ2) is 13.2. The van der Waals surface area contributed by atoms with Crippen molar-refractivity contribution in [3.8, 4) is 28.6 Å². The largest absolute Gasteiger partial charge is 0.497 e. The normalized spacial score (nSPS) is 11.3. The second-order valence-corrected chi connectivity index (χ2v) is 11.7. The van der Waals surface area contributed by atoms with E-state index in [1.807, 2.05) is 65.2 Å². The van der Waals surface area contributed by atoms with Crippen LogP contribution in [0.4, 0.5) is 5.69 Å². The number of nitrogens with one attached hydrogen (secondary N) is 1. The molecule has 9 nitrogen and oxygen atoms in total. The highest BCUT2D eigenvalue weighted by molar-refractivity contribution is 7.92. The van der Waals surface area contributed by atoms with Gasteiger partial charge in [0.25, 0.3) is 10.0 Å². The number of benzene rings is 4. The van der Waals surface area contributed by atoms with Crippen molar-refractivity contribution in [2.45, 2.75) is 24.2 Å². The molecule has 1 N–H and O–H groups in total. The number of nitrogens with zero attached hydrogens (tertiary/aromatic N) is 2. The van der Waals surface area contributed by atoms with E-state index in [4.69, 9.17) is 30.8 Å². The van der Waals surface area contributed by atoms with Crippen LogP contribution in [0.2, 0.25) is 5.02 Å². The number of halogens is 1. The van der Waals surface area contributed by atoms with E-state index in [-0.39, 0.29) is 35.3 Å². The van der Waals surface area contributed by atoms with E-state index >= 15 is 0 Å². The third-order valence-corrected chi connectivity index (χ3v) is 8.39. The summed E-state index contributed by atoms with van der Waals surface area (Å²) in [5, 5.41) is 0.425. The number of imidazole rings is 1. The fraction of sp³-hybridized carbons (Fsp3) is 0.188. The number of rotatable bonds is 12. The van der Waals surface area contributed by atoms with E-state index in [1.165, 1.54) is 31.4 Å². The van der Waals surface area contributed by atoms with Gasteiger partial charge in [-0.15, -0.1) is 0 Å². The Bertz CT molecular complexity index is 1820. The van der Waals surface area contributed by atoms with Gasteiger partial charge in [-0.05, 0) is 73.5 Å². The molecule has 0 fully saturated rings. The van der Waals surface area contributed by atoms with Gasteiger partial charge in [-0.3, -0.25) is 14.1 Å². The molecule has 0 atom stereocenters. The maximum absolute atomic E-state index is 13.4. The summed E-state index contributed by atoms with van der Waals surface area (Å²) in [4.78, 5) is 16.6. The molecule has 222 valence electrons. The first kappa shape index (κ1) is 29.9. The number of ether oxygens (including phenoxy) is 3. The van der Waals surface area contributed by atoms with Crippen molar-refractivity contribution in [2.24, 2.45) is 0 Å². The average Bonchev–Trinajstić information content (AvgIpc) is 3.42. The molecule has 0 aliphatic heterocycles. The lowest BCUT2D eigenvalue weighted by molar-refractivity contribution is -0.140. The molecule has 4 aromatic carbocycles. The number of hydrogen-bond acceptors (Lipinski definition) is 7. The standard InChI is InChI=1S/C32H30ClN3O6S/c1-40-25-15-13-24(14-16-25)36-28-20-19-27(35-43(38,39)26-17-11-23(33)12-18-26)31(42-21-7-6-10-29(37)41-2)30(28)34-32(36)22-8-4-3-5-9-22/h3-5,8-9,11-20,35H,6-7,10,21H2,1-2H3. The minimum absolute atomic E-state index is 0.0507. The van der Waals surface area contributed by atoms with E-state index < -0.39 is 10.0 Å². The highest BCUT2D eigenvalue weighted by atomic mass is 35.5. The SMILES string of the molecule is COC(=O)CCCCOc1c(NS(=O)(=O)c2ccc(Cl)cc2)ccc2c1nc(-c1ccccc1)n2-c1ccc(OC)cc1. The first-order valence-corrected chi connectivity index (χ1v) is 15.4. The third kappa shape index (κ3) is 6.76. The molecule has 0 radical (unpaired) electrons. The predicted molar refractivity (Wildman–Crippen MR) is 167 cm³/mol. The fourth-order valence-corrected chi connectivity index (χ4v) is 5.77. The van der Waals surface area contributed by atoms with Crippen LogP contribution in [0.25, 0.3) is 28.1 Å². The summed E-state index contributed by atoms with van der Waals surface area (Å²) >= 11 is 5.98. The van der Waals surface area contributed by atoms with Crippen LogP contribution in [0, 0.1) is 0 Å². The molecule has 1 heterocycles. The molecule has 0 amide bonds. The number of fused-ring (bicyclic) bond motifs is 1. The van der Waals surface area contributed by atoms with Crippen LogP contribution in [0.5, 0.6) is 11.5 Å². The molecule has 0 saturated heterocycles. The summed E-state index contributed by atoms with van der Waals surface area (Å²) in [6.45, 7) is 0.224. The van der Waals surface area contributed by atoms with Gasteiger partial charge in [-0.1, -0.05) is 41.9 Å². The van der Waals surface area contributed by atoms with Crippen LogP contribution in [0.3, 0.4) is 0 Å². The van der Waals surface area contributed by atoms with Crippen molar-refractivity contribution in [2.75, 3.05) is 25.5 Å². The van der Waals surface area contributed by atoms with E-state index in [0.29, 0.717) is 40.5 Å². The number of aromatic nitrogens is 2. The molecule has 0 aliphatic carbocycles. The van der Waals surface area contributed by atoms with E-state index in [2.05, 4.69) is 4.72 Å². The minimum Gasteiger partial charge on any atom is -0.497 e. The van der Waals surface area contributed by atoms with Gasteiger partial charge in [0.2, 0.25) is 0 Å². The molecular weight excluding hydrogens is 590 g/mol. The predicted octanol–water partition coefficient (Wildman–Crippen LogP) is 6.88. The van der Waals surface area contributed by atoms with Gasteiger partial charge in [-0.25, -0.2) is 13.4 Å².